The van der Waals surface area contributed by atoms with E-state index in [1.165, 1.54) is 0 Å². The van der Waals surface area contributed by atoms with Crippen LogP contribution in [0.4, 0.5) is 5.69 Å². The summed E-state index contributed by atoms with van der Waals surface area (Å²) in [6.45, 7) is 2.01. The summed E-state index contributed by atoms with van der Waals surface area (Å²) in [5.74, 6) is 0.867. The molecule has 0 saturated carbocycles. The van der Waals surface area contributed by atoms with Gasteiger partial charge in [-0.3, -0.25) is 5.43 Å². The number of anilines is 1. The molecule has 1 aromatic heterocycles. The smallest absolute Gasteiger partial charge is 0.258 e. The zero-order valence-corrected chi connectivity index (χ0v) is 13.3. The van der Waals surface area contributed by atoms with E-state index in [9.17, 15) is 0 Å². The first kappa shape index (κ1) is 15.9. The fraction of sp³-hybridized carbons (Fsp3) is 0.0556. The van der Waals surface area contributed by atoms with Crippen LogP contribution in [0, 0.1) is 29.6 Å². The molecule has 1 N–H and O–H groups in total. The lowest BCUT2D eigenvalue weighted by atomic mass is 10.1. The number of hydrogen-bond donors (Lipinski definition) is 1. The van der Waals surface area contributed by atoms with Gasteiger partial charge in [-0.25, -0.2) is 0 Å². The van der Waals surface area contributed by atoms with Gasteiger partial charge >= 0.3 is 0 Å². The van der Waals surface area contributed by atoms with Gasteiger partial charge in [-0.05, 0) is 25.1 Å². The highest BCUT2D eigenvalue weighted by atomic mass is 16.5. The molecule has 7 heteroatoms. The monoisotopic (exact) mass is 328 g/mol. The molecule has 3 aromatic rings. The Labute approximate surface area is 143 Å². The van der Waals surface area contributed by atoms with Gasteiger partial charge in [-0.15, -0.1) is 0 Å². The maximum absolute atomic E-state index is 8.69. The molecule has 0 fully saturated rings. The number of aromatic nitrogens is 2. The van der Waals surface area contributed by atoms with E-state index < -0.39 is 0 Å². The SMILES string of the molecule is Cc1ccc(-c2noc(-c3cccc(NN=C(C#N)C#N)c3)n2)cc1. The molecule has 1 heterocycles. The summed E-state index contributed by atoms with van der Waals surface area (Å²) >= 11 is 0. The number of benzene rings is 2. The van der Waals surface area contributed by atoms with Gasteiger partial charge in [0.05, 0.1) is 5.69 Å². The van der Waals surface area contributed by atoms with Crippen LogP contribution in [0.25, 0.3) is 22.8 Å². The summed E-state index contributed by atoms with van der Waals surface area (Å²) in [5, 5.41) is 25.1. The Balaban J connectivity index is 1.85. The molecule has 0 saturated heterocycles. The van der Waals surface area contributed by atoms with Crippen molar-refractivity contribution in [1.29, 1.82) is 10.5 Å². The molecule has 0 atom stereocenters. The fourth-order valence-corrected chi connectivity index (χ4v) is 2.08. The third-order valence-corrected chi connectivity index (χ3v) is 3.35. The van der Waals surface area contributed by atoms with E-state index in [-0.39, 0.29) is 5.71 Å². The van der Waals surface area contributed by atoms with E-state index in [2.05, 4.69) is 20.7 Å². The maximum Gasteiger partial charge on any atom is 0.258 e. The van der Waals surface area contributed by atoms with Gasteiger partial charge < -0.3 is 4.52 Å². The molecular formula is C18H12N6O. The van der Waals surface area contributed by atoms with Gasteiger partial charge in [0.1, 0.15) is 12.1 Å². The fourth-order valence-electron chi connectivity index (χ4n) is 2.08. The normalized spacial score (nSPS) is 9.72. The van der Waals surface area contributed by atoms with E-state index >= 15 is 0 Å². The van der Waals surface area contributed by atoms with Crippen LogP contribution in [-0.4, -0.2) is 15.9 Å². The van der Waals surface area contributed by atoms with Crippen molar-refractivity contribution in [2.24, 2.45) is 5.10 Å². The Morgan fingerprint density at radius 2 is 1.84 bits per heavy atom. The van der Waals surface area contributed by atoms with Crippen LogP contribution < -0.4 is 5.43 Å². The van der Waals surface area contributed by atoms with Crippen molar-refractivity contribution in [2.45, 2.75) is 6.92 Å². The van der Waals surface area contributed by atoms with Crippen molar-refractivity contribution in [3.8, 4) is 35.0 Å². The summed E-state index contributed by atoms with van der Waals surface area (Å²) in [6.07, 6.45) is 0. The maximum atomic E-state index is 8.69. The van der Waals surface area contributed by atoms with Crippen molar-refractivity contribution in [2.75, 3.05) is 5.43 Å². The summed E-state index contributed by atoms with van der Waals surface area (Å²) in [5.41, 5.74) is 5.71. The molecule has 0 amide bonds. The van der Waals surface area contributed by atoms with Crippen LogP contribution >= 0.6 is 0 Å². The molecule has 0 aliphatic carbocycles. The highest BCUT2D eigenvalue weighted by Gasteiger charge is 2.11. The topological polar surface area (TPSA) is 111 Å². The number of hydrazone groups is 1. The number of aryl methyl sites for hydroxylation is 1. The average molecular weight is 328 g/mol. The highest BCUT2D eigenvalue weighted by molar-refractivity contribution is 6.10. The molecule has 3 rings (SSSR count). The van der Waals surface area contributed by atoms with E-state index in [4.69, 9.17) is 15.0 Å². The van der Waals surface area contributed by atoms with Crippen molar-refractivity contribution >= 4 is 11.4 Å². The van der Waals surface area contributed by atoms with Crippen LogP contribution in [-0.2, 0) is 0 Å². The minimum Gasteiger partial charge on any atom is -0.334 e. The Kier molecular flexibility index (Phi) is 4.50. The lowest BCUT2D eigenvalue weighted by Gasteiger charge is -2.01. The van der Waals surface area contributed by atoms with Crippen molar-refractivity contribution in [3.05, 3.63) is 54.1 Å². The highest BCUT2D eigenvalue weighted by Crippen LogP contribution is 2.24. The molecule has 0 aliphatic heterocycles. The van der Waals surface area contributed by atoms with Crippen LogP contribution in [0.3, 0.4) is 0 Å². The predicted molar refractivity (Wildman–Crippen MR) is 92.2 cm³/mol. The second-order valence-corrected chi connectivity index (χ2v) is 5.17. The summed E-state index contributed by atoms with van der Waals surface area (Å²) in [4.78, 5) is 4.40. The van der Waals surface area contributed by atoms with Crippen molar-refractivity contribution in [1.82, 2.24) is 10.1 Å². The number of nitriles is 2. The molecule has 7 nitrogen and oxygen atoms in total. The molecular weight excluding hydrogens is 316 g/mol. The first-order chi connectivity index (χ1) is 12.2. The lowest BCUT2D eigenvalue weighted by molar-refractivity contribution is 0.432. The van der Waals surface area contributed by atoms with Gasteiger partial charge in [0, 0.05) is 11.1 Å². The summed E-state index contributed by atoms with van der Waals surface area (Å²) in [6, 6.07) is 18.3. The molecule has 0 radical (unpaired) electrons. The Bertz CT molecular complexity index is 989. The summed E-state index contributed by atoms with van der Waals surface area (Å²) in [7, 11) is 0. The summed E-state index contributed by atoms with van der Waals surface area (Å²) < 4.78 is 5.33. The largest absolute Gasteiger partial charge is 0.334 e. The molecule has 0 unspecified atom stereocenters. The minimum atomic E-state index is -0.259. The molecule has 2 aromatic carbocycles. The average Bonchev–Trinajstić information content (AvgIpc) is 3.14. The third-order valence-electron chi connectivity index (χ3n) is 3.35. The zero-order valence-electron chi connectivity index (χ0n) is 13.3. The van der Waals surface area contributed by atoms with Crippen LogP contribution in [0.1, 0.15) is 5.56 Å². The predicted octanol–water partition coefficient (Wildman–Crippen LogP) is 3.53. The van der Waals surface area contributed by atoms with E-state index in [1.54, 1.807) is 30.3 Å². The number of rotatable bonds is 4. The molecule has 0 bridgehead atoms. The lowest BCUT2D eigenvalue weighted by Crippen LogP contribution is -1.96. The van der Waals surface area contributed by atoms with Gasteiger partial charge in [-0.1, -0.05) is 41.1 Å². The van der Waals surface area contributed by atoms with Crippen molar-refractivity contribution < 1.29 is 4.52 Å². The number of hydrogen-bond acceptors (Lipinski definition) is 7. The molecule has 0 spiro atoms. The second-order valence-electron chi connectivity index (χ2n) is 5.17. The zero-order chi connectivity index (χ0) is 17.6. The van der Waals surface area contributed by atoms with Gasteiger partial charge in [-0.2, -0.15) is 20.6 Å². The Morgan fingerprint density at radius 3 is 2.56 bits per heavy atom. The minimum absolute atomic E-state index is 0.259. The van der Waals surface area contributed by atoms with Gasteiger partial charge in [0.15, 0.2) is 0 Å². The molecule has 120 valence electrons. The van der Waals surface area contributed by atoms with Crippen LogP contribution in [0.15, 0.2) is 58.2 Å². The second kappa shape index (κ2) is 7.07. The Hall–Kier alpha value is -3.97. The first-order valence-electron chi connectivity index (χ1n) is 7.34. The van der Waals surface area contributed by atoms with E-state index in [0.29, 0.717) is 23.0 Å². The Morgan fingerprint density at radius 1 is 1.08 bits per heavy atom. The third kappa shape index (κ3) is 3.69. The van der Waals surface area contributed by atoms with E-state index in [1.807, 2.05) is 37.3 Å². The van der Waals surface area contributed by atoms with Gasteiger partial charge in [0.2, 0.25) is 11.5 Å². The quantitative estimate of drug-likeness (QED) is 0.579. The van der Waals surface area contributed by atoms with Crippen molar-refractivity contribution in [3.63, 3.8) is 0 Å². The number of nitrogens with one attached hydrogen (secondary N) is 1. The van der Waals surface area contributed by atoms with E-state index in [0.717, 1.165) is 11.1 Å². The van der Waals surface area contributed by atoms with Crippen LogP contribution in [0.2, 0.25) is 0 Å². The molecule has 0 aliphatic rings. The van der Waals surface area contributed by atoms with Crippen LogP contribution in [0.5, 0.6) is 0 Å². The van der Waals surface area contributed by atoms with Gasteiger partial charge in [0.25, 0.3) is 5.89 Å². The number of nitrogens with zero attached hydrogens (tertiary/aromatic N) is 5. The molecule has 25 heavy (non-hydrogen) atoms. The standard InChI is InChI=1S/C18H12N6O/c1-12-5-7-13(8-6-12)17-21-18(25-24-17)14-3-2-4-15(9-14)22-23-16(10-19)11-20/h2-9,22H,1H3. The first-order valence-corrected chi connectivity index (χ1v) is 7.34.